The number of amides is 1. The first-order valence-electron chi connectivity index (χ1n) is 5.63. The predicted molar refractivity (Wildman–Crippen MR) is 60.5 cm³/mol. The van der Waals surface area contributed by atoms with Crippen LogP contribution in [0.15, 0.2) is 0 Å². The minimum Gasteiger partial charge on any atom is -0.464 e. The Morgan fingerprint density at radius 3 is 2.40 bits per heavy atom. The van der Waals surface area contributed by atoms with Gasteiger partial charge in [-0.1, -0.05) is 0 Å². The number of nitrogens with zero attached hydrogens (tertiary/aromatic N) is 1. The number of ether oxygens (including phenoxy) is 1. The van der Waals surface area contributed by atoms with Gasteiger partial charge in [-0.3, -0.25) is 4.79 Å². The maximum atomic E-state index is 13.1. The number of carbonyl (C=O) groups excluding carboxylic acids is 2. The third-order valence-corrected chi connectivity index (χ3v) is 3.60. The van der Waals surface area contributed by atoms with Gasteiger partial charge in [0.25, 0.3) is 0 Å². The lowest BCUT2D eigenvalue weighted by Gasteiger charge is -2.35. The molecule has 0 aromatic rings. The van der Waals surface area contributed by atoms with Crippen molar-refractivity contribution in [1.82, 2.24) is 4.90 Å². The predicted octanol–water partition coefficient (Wildman–Crippen LogP) is 1.69. The molecular weight excluding hydrogens is 309 g/mol. The minimum absolute atomic E-state index is 0.0578. The van der Waals surface area contributed by atoms with Crippen molar-refractivity contribution in [3.63, 3.8) is 0 Å². The standard InChI is InChI=1S/C10H12F5NO3S/c1-2-19-7(17)6-5-20-4-3-16(6)8(18)9(11,12)10(13,14)15/h6H,2-5H2,1H3. The number of thioether (sulfide) groups is 1. The first-order chi connectivity index (χ1) is 9.13. The van der Waals surface area contributed by atoms with Gasteiger partial charge in [0.05, 0.1) is 6.61 Å². The summed E-state index contributed by atoms with van der Waals surface area (Å²) in [5.41, 5.74) is 0. The van der Waals surface area contributed by atoms with E-state index in [1.807, 2.05) is 0 Å². The van der Waals surface area contributed by atoms with E-state index in [9.17, 15) is 31.5 Å². The SMILES string of the molecule is CCOC(=O)C1CSCCN1C(=O)C(F)(F)C(F)(F)F. The fraction of sp³-hybridized carbons (Fsp3) is 0.800. The second-order valence-corrected chi connectivity index (χ2v) is 5.06. The van der Waals surface area contributed by atoms with Crippen molar-refractivity contribution in [2.45, 2.75) is 25.1 Å². The van der Waals surface area contributed by atoms with Crippen LogP contribution in [0.5, 0.6) is 0 Å². The molecule has 0 radical (unpaired) electrons. The molecule has 1 unspecified atom stereocenters. The van der Waals surface area contributed by atoms with Crippen LogP contribution in [0, 0.1) is 0 Å². The van der Waals surface area contributed by atoms with Gasteiger partial charge in [0.15, 0.2) is 0 Å². The van der Waals surface area contributed by atoms with Gasteiger partial charge in [-0.2, -0.15) is 33.7 Å². The zero-order valence-electron chi connectivity index (χ0n) is 10.4. The van der Waals surface area contributed by atoms with Crippen LogP contribution < -0.4 is 0 Å². The summed E-state index contributed by atoms with van der Waals surface area (Å²) in [6.45, 7) is 1.04. The molecule has 1 rings (SSSR count). The van der Waals surface area contributed by atoms with E-state index in [1.165, 1.54) is 18.7 Å². The molecule has 1 atom stereocenters. The Morgan fingerprint density at radius 1 is 1.30 bits per heavy atom. The number of hydrogen-bond donors (Lipinski definition) is 0. The molecule has 0 aromatic carbocycles. The Morgan fingerprint density at radius 2 is 1.90 bits per heavy atom. The highest BCUT2D eigenvalue weighted by Crippen LogP contribution is 2.38. The summed E-state index contributed by atoms with van der Waals surface area (Å²) in [7, 11) is 0. The smallest absolute Gasteiger partial charge is 0.463 e. The second-order valence-electron chi connectivity index (χ2n) is 3.91. The molecule has 116 valence electrons. The lowest BCUT2D eigenvalue weighted by molar-refractivity contribution is -0.275. The van der Waals surface area contributed by atoms with E-state index in [2.05, 4.69) is 4.74 Å². The molecular formula is C10H12F5NO3S. The van der Waals surface area contributed by atoms with E-state index < -0.39 is 30.0 Å². The molecule has 0 saturated carbocycles. The first kappa shape index (κ1) is 17.0. The van der Waals surface area contributed by atoms with Gasteiger partial charge in [0.1, 0.15) is 6.04 Å². The first-order valence-corrected chi connectivity index (χ1v) is 6.78. The van der Waals surface area contributed by atoms with Gasteiger partial charge in [0, 0.05) is 18.1 Å². The molecule has 1 aliphatic heterocycles. The van der Waals surface area contributed by atoms with Crippen molar-refractivity contribution < 1.29 is 36.3 Å². The summed E-state index contributed by atoms with van der Waals surface area (Å²) in [6.07, 6.45) is -5.99. The van der Waals surface area contributed by atoms with E-state index >= 15 is 0 Å². The van der Waals surface area contributed by atoms with Crippen molar-refractivity contribution in [3.05, 3.63) is 0 Å². The fourth-order valence-electron chi connectivity index (χ4n) is 1.58. The molecule has 0 aliphatic carbocycles. The Hall–Kier alpha value is -1.06. The number of carbonyl (C=O) groups is 2. The quantitative estimate of drug-likeness (QED) is 0.586. The largest absolute Gasteiger partial charge is 0.464 e. The number of halogens is 5. The van der Waals surface area contributed by atoms with Crippen LogP contribution in [0.2, 0.25) is 0 Å². The van der Waals surface area contributed by atoms with E-state index in [0.29, 0.717) is 0 Å². The Balaban J connectivity index is 2.96. The topological polar surface area (TPSA) is 46.6 Å². The van der Waals surface area contributed by atoms with E-state index in [1.54, 1.807) is 0 Å². The van der Waals surface area contributed by atoms with Gasteiger partial charge in [-0.05, 0) is 6.92 Å². The molecule has 1 fully saturated rings. The van der Waals surface area contributed by atoms with E-state index in [4.69, 9.17) is 0 Å². The second kappa shape index (κ2) is 6.15. The average molecular weight is 321 g/mol. The summed E-state index contributed by atoms with van der Waals surface area (Å²) in [5.74, 6) is -8.80. The number of hydrogen-bond acceptors (Lipinski definition) is 4. The number of rotatable bonds is 3. The van der Waals surface area contributed by atoms with Crippen molar-refractivity contribution >= 4 is 23.6 Å². The van der Waals surface area contributed by atoms with E-state index in [-0.39, 0.29) is 29.6 Å². The highest BCUT2D eigenvalue weighted by Gasteiger charge is 2.65. The molecule has 4 nitrogen and oxygen atoms in total. The van der Waals surface area contributed by atoms with Crippen LogP contribution in [0.1, 0.15) is 6.92 Å². The molecule has 1 saturated heterocycles. The van der Waals surface area contributed by atoms with Crippen molar-refractivity contribution in [2.24, 2.45) is 0 Å². The molecule has 1 amide bonds. The number of esters is 1. The summed E-state index contributed by atoms with van der Waals surface area (Å²) < 4.78 is 67.3. The maximum absolute atomic E-state index is 13.1. The van der Waals surface area contributed by atoms with Crippen LogP contribution in [0.25, 0.3) is 0 Å². The third kappa shape index (κ3) is 3.33. The molecule has 20 heavy (non-hydrogen) atoms. The molecule has 0 spiro atoms. The van der Waals surface area contributed by atoms with Crippen molar-refractivity contribution in [3.8, 4) is 0 Å². The zero-order chi connectivity index (χ0) is 15.6. The van der Waals surface area contributed by atoms with Crippen LogP contribution in [-0.4, -0.2) is 59.6 Å². The maximum Gasteiger partial charge on any atom is 0.463 e. The summed E-state index contributed by atoms with van der Waals surface area (Å²) >= 11 is 1.18. The monoisotopic (exact) mass is 321 g/mol. The Kier molecular flexibility index (Phi) is 5.22. The Bertz CT molecular complexity index is 388. The van der Waals surface area contributed by atoms with Crippen LogP contribution in [-0.2, 0) is 14.3 Å². The normalized spacial score (nSPS) is 20.7. The molecule has 10 heteroatoms. The molecule has 1 aliphatic rings. The molecule has 1 heterocycles. The third-order valence-electron chi connectivity index (χ3n) is 2.57. The van der Waals surface area contributed by atoms with Crippen molar-refractivity contribution in [2.75, 3.05) is 24.7 Å². The highest BCUT2D eigenvalue weighted by molar-refractivity contribution is 7.99. The van der Waals surface area contributed by atoms with Gasteiger partial charge in [-0.15, -0.1) is 0 Å². The fourth-order valence-corrected chi connectivity index (χ4v) is 2.61. The minimum atomic E-state index is -5.99. The van der Waals surface area contributed by atoms with Crippen molar-refractivity contribution in [1.29, 1.82) is 0 Å². The molecule has 0 bridgehead atoms. The lowest BCUT2D eigenvalue weighted by atomic mass is 10.2. The zero-order valence-corrected chi connectivity index (χ0v) is 11.2. The van der Waals surface area contributed by atoms with Gasteiger partial charge in [-0.25, -0.2) is 4.79 Å². The Labute approximate surface area is 115 Å². The van der Waals surface area contributed by atoms with Crippen LogP contribution >= 0.6 is 11.8 Å². The highest BCUT2D eigenvalue weighted by atomic mass is 32.2. The van der Waals surface area contributed by atoms with Crippen LogP contribution in [0.4, 0.5) is 22.0 Å². The average Bonchev–Trinajstić information content (AvgIpc) is 2.36. The summed E-state index contributed by atoms with van der Waals surface area (Å²) in [4.78, 5) is 23.2. The summed E-state index contributed by atoms with van der Waals surface area (Å²) in [5, 5.41) is 0. The van der Waals surface area contributed by atoms with Gasteiger partial charge >= 0.3 is 24.0 Å². The molecule has 0 N–H and O–H groups in total. The van der Waals surface area contributed by atoms with Gasteiger partial charge < -0.3 is 9.64 Å². The lowest BCUT2D eigenvalue weighted by Crippen LogP contribution is -2.59. The number of alkyl halides is 5. The van der Waals surface area contributed by atoms with Gasteiger partial charge in [0.2, 0.25) is 0 Å². The van der Waals surface area contributed by atoms with E-state index in [0.717, 1.165) is 0 Å². The summed E-state index contributed by atoms with van der Waals surface area (Å²) in [6, 6.07) is -1.42. The molecule has 0 aromatic heterocycles. The van der Waals surface area contributed by atoms with Crippen LogP contribution in [0.3, 0.4) is 0 Å².